The Morgan fingerprint density at radius 3 is 2.02 bits per heavy atom. The van der Waals surface area contributed by atoms with Gasteiger partial charge in [-0.15, -0.1) is 0 Å². The van der Waals surface area contributed by atoms with Crippen LogP contribution in [0.5, 0.6) is 0 Å². The summed E-state index contributed by atoms with van der Waals surface area (Å²) in [5.41, 5.74) is 3.51. The standard InChI is InChI=1S/C33H28F3N3O7/c1-45-29(42)24-17-15-22(16-18-24)20-46-31(44)32(37,39-26(13-8-14-27(39)40)23-11-6-3-7-12-23)30(43)38-25(28(41)33(34,35)36)19-21-9-4-2-5-10-21/h2-18,25H,19-20,37H2,1H3,(H,38,43). The van der Waals surface area contributed by atoms with Crippen molar-refractivity contribution in [3.05, 3.63) is 130 Å². The van der Waals surface area contributed by atoms with Crippen LogP contribution in [0.4, 0.5) is 13.2 Å². The summed E-state index contributed by atoms with van der Waals surface area (Å²) in [5, 5.41) is 1.98. The zero-order valence-electron chi connectivity index (χ0n) is 24.3. The number of ketones is 1. The molecule has 4 aromatic rings. The third-order valence-corrected chi connectivity index (χ3v) is 6.96. The molecule has 3 N–H and O–H groups in total. The van der Waals surface area contributed by atoms with Crippen LogP contribution in [0.25, 0.3) is 11.3 Å². The molecule has 0 aliphatic rings. The van der Waals surface area contributed by atoms with Crippen molar-refractivity contribution in [3.8, 4) is 11.3 Å². The molecule has 0 aliphatic heterocycles. The van der Waals surface area contributed by atoms with Crippen molar-refractivity contribution in [1.82, 2.24) is 9.88 Å². The summed E-state index contributed by atoms with van der Waals surface area (Å²) in [6, 6.07) is 22.8. The fourth-order valence-corrected chi connectivity index (χ4v) is 4.61. The predicted octanol–water partition coefficient (Wildman–Crippen LogP) is 3.52. The summed E-state index contributed by atoms with van der Waals surface area (Å²) in [7, 11) is 1.20. The number of rotatable bonds is 11. The van der Waals surface area contributed by atoms with Gasteiger partial charge in [0.1, 0.15) is 12.6 Å². The number of amides is 1. The molecule has 2 atom stereocenters. The molecular weight excluding hydrogens is 607 g/mol. The summed E-state index contributed by atoms with van der Waals surface area (Å²) >= 11 is 0. The SMILES string of the molecule is COC(=O)c1ccc(COC(=O)C(N)(C(=O)NC(Cc2ccccc2)C(=O)C(F)(F)F)n2c(-c3ccccc3)cccc2=O)cc1. The minimum absolute atomic E-state index is 0.0353. The van der Waals surface area contributed by atoms with Crippen molar-refractivity contribution in [1.29, 1.82) is 0 Å². The Morgan fingerprint density at radius 2 is 1.43 bits per heavy atom. The van der Waals surface area contributed by atoms with E-state index in [2.05, 4.69) is 4.74 Å². The first-order chi connectivity index (χ1) is 21.9. The molecule has 1 aromatic heterocycles. The van der Waals surface area contributed by atoms with Gasteiger partial charge in [-0.3, -0.25) is 24.7 Å². The Hall–Kier alpha value is -5.56. The van der Waals surface area contributed by atoms with Crippen LogP contribution in [0.1, 0.15) is 21.5 Å². The van der Waals surface area contributed by atoms with Gasteiger partial charge in [-0.25, -0.2) is 9.59 Å². The summed E-state index contributed by atoms with van der Waals surface area (Å²) in [6.07, 6.45) is -5.96. The average Bonchev–Trinajstić information content (AvgIpc) is 3.06. The molecule has 0 aliphatic carbocycles. The van der Waals surface area contributed by atoms with E-state index in [0.29, 0.717) is 15.7 Å². The van der Waals surface area contributed by atoms with Crippen LogP contribution in [0.3, 0.4) is 0 Å². The van der Waals surface area contributed by atoms with Crippen molar-refractivity contribution >= 4 is 23.6 Å². The van der Waals surface area contributed by atoms with Gasteiger partial charge in [-0.2, -0.15) is 13.2 Å². The number of benzene rings is 3. The molecule has 46 heavy (non-hydrogen) atoms. The van der Waals surface area contributed by atoms with Crippen molar-refractivity contribution in [2.24, 2.45) is 5.73 Å². The molecule has 0 spiro atoms. The van der Waals surface area contributed by atoms with Gasteiger partial charge < -0.3 is 14.8 Å². The van der Waals surface area contributed by atoms with Crippen LogP contribution < -0.4 is 16.6 Å². The number of pyridine rings is 1. The predicted molar refractivity (Wildman–Crippen MR) is 159 cm³/mol. The highest BCUT2D eigenvalue weighted by Crippen LogP contribution is 2.25. The molecule has 0 fully saturated rings. The van der Waals surface area contributed by atoms with E-state index in [-0.39, 0.29) is 16.8 Å². The molecule has 0 saturated carbocycles. The fraction of sp³-hybridized carbons (Fsp3) is 0.182. The minimum Gasteiger partial charge on any atom is -0.465 e. The summed E-state index contributed by atoms with van der Waals surface area (Å²) in [5.74, 6) is -6.01. The lowest BCUT2D eigenvalue weighted by Crippen LogP contribution is -2.66. The molecule has 13 heteroatoms. The number of hydrogen-bond acceptors (Lipinski definition) is 8. The number of Topliss-reactive ketones (excluding diaryl/α,β-unsaturated/α-hetero) is 1. The molecule has 0 radical (unpaired) electrons. The maximum absolute atomic E-state index is 14.0. The zero-order chi connectivity index (χ0) is 33.5. The number of nitrogens with one attached hydrogen (secondary N) is 1. The molecule has 1 heterocycles. The third kappa shape index (κ3) is 7.38. The van der Waals surface area contributed by atoms with Crippen LogP contribution in [0.15, 0.2) is 108 Å². The number of methoxy groups -OCH3 is 1. The summed E-state index contributed by atoms with van der Waals surface area (Å²) in [6.45, 7) is -0.510. The van der Waals surface area contributed by atoms with E-state index in [0.717, 1.165) is 6.07 Å². The molecule has 238 valence electrons. The Morgan fingerprint density at radius 1 is 0.826 bits per heavy atom. The number of carbonyl (C=O) groups excluding carboxylic acids is 4. The number of halogens is 3. The van der Waals surface area contributed by atoms with E-state index in [1.165, 1.54) is 67.8 Å². The summed E-state index contributed by atoms with van der Waals surface area (Å²) in [4.78, 5) is 65.4. The van der Waals surface area contributed by atoms with Crippen LogP contribution in [0.2, 0.25) is 0 Å². The Kier molecular flexibility index (Phi) is 10.2. The van der Waals surface area contributed by atoms with Crippen LogP contribution in [0, 0.1) is 0 Å². The van der Waals surface area contributed by atoms with Crippen LogP contribution in [-0.2, 0) is 42.5 Å². The number of carbonyl (C=O) groups is 4. The topological polar surface area (TPSA) is 147 Å². The lowest BCUT2D eigenvalue weighted by atomic mass is 10.00. The largest absolute Gasteiger partial charge is 0.465 e. The maximum atomic E-state index is 14.0. The first-order valence-corrected chi connectivity index (χ1v) is 13.7. The number of nitrogens with two attached hydrogens (primary N) is 1. The smallest absolute Gasteiger partial charge is 0.452 e. The first kappa shape index (κ1) is 33.3. The molecule has 4 rings (SSSR count). The molecule has 2 unspecified atom stereocenters. The highest BCUT2D eigenvalue weighted by Gasteiger charge is 2.51. The van der Waals surface area contributed by atoms with Crippen LogP contribution >= 0.6 is 0 Å². The number of hydrogen-bond donors (Lipinski definition) is 2. The molecular formula is C33H28F3N3O7. The molecule has 0 bridgehead atoms. The van der Waals surface area contributed by atoms with Crippen molar-refractivity contribution in [2.45, 2.75) is 30.9 Å². The van der Waals surface area contributed by atoms with E-state index >= 15 is 0 Å². The van der Waals surface area contributed by atoms with Gasteiger partial charge >= 0.3 is 18.1 Å². The Labute approximate surface area is 260 Å². The second-order valence-corrected chi connectivity index (χ2v) is 10.1. The van der Waals surface area contributed by atoms with Gasteiger partial charge in [-0.1, -0.05) is 78.9 Å². The van der Waals surface area contributed by atoms with Crippen molar-refractivity contribution < 1.29 is 41.8 Å². The van der Waals surface area contributed by atoms with Crippen LogP contribution in [-0.4, -0.2) is 47.5 Å². The quantitative estimate of drug-likeness (QED) is 0.188. The number of nitrogens with zero attached hydrogens (tertiary/aromatic N) is 1. The van der Waals surface area contributed by atoms with E-state index in [9.17, 15) is 37.1 Å². The molecule has 1 amide bonds. The Bertz CT molecular complexity index is 1780. The monoisotopic (exact) mass is 635 g/mol. The third-order valence-electron chi connectivity index (χ3n) is 6.96. The van der Waals surface area contributed by atoms with E-state index in [4.69, 9.17) is 10.5 Å². The normalized spacial score (nSPS) is 13.2. The minimum atomic E-state index is -5.36. The van der Waals surface area contributed by atoms with Crippen molar-refractivity contribution in [2.75, 3.05) is 7.11 Å². The zero-order valence-corrected chi connectivity index (χ0v) is 24.3. The van der Waals surface area contributed by atoms with Gasteiger partial charge in [0, 0.05) is 12.5 Å². The van der Waals surface area contributed by atoms with E-state index in [1.807, 2.05) is 5.32 Å². The van der Waals surface area contributed by atoms with Crippen molar-refractivity contribution in [3.63, 3.8) is 0 Å². The van der Waals surface area contributed by atoms with Gasteiger partial charge in [0.25, 0.3) is 22.9 Å². The Balaban J connectivity index is 1.78. The lowest BCUT2D eigenvalue weighted by molar-refractivity contribution is -0.174. The molecule has 3 aromatic carbocycles. The highest BCUT2D eigenvalue weighted by molar-refractivity contribution is 6.06. The molecule has 10 nitrogen and oxygen atoms in total. The molecule has 0 saturated heterocycles. The first-order valence-electron chi connectivity index (χ1n) is 13.7. The number of esters is 2. The van der Waals surface area contributed by atoms with Gasteiger partial charge in [-0.05, 0) is 34.9 Å². The van der Waals surface area contributed by atoms with Gasteiger partial charge in [0.15, 0.2) is 0 Å². The lowest BCUT2D eigenvalue weighted by Gasteiger charge is -2.32. The second kappa shape index (κ2) is 14.0. The maximum Gasteiger partial charge on any atom is 0.452 e. The highest BCUT2D eigenvalue weighted by atomic mass is 19.4. The number of alkyl halides is 3. The van der Waals surface area contributed by atoms with E-state index < -0.39 is 60.1 Å². The second-order valence-electron chi connectivity index (χ2n) is 10.1. The number of ether oxygens (including phenoxy) is 2. The summed E-state index contributed by atoms with van der Waals surface area (Å²) < 4.78 is 51.7. The average molecular weight is 636 g/mol. The van der Waals surface area contributed by atoms with Gasteiger partial charge in [0.05, 0.1) is 18.4 Å². The number of aromatic nitrogens is 1. The fourth-order valence-electron chi connectivity index (χ4n) is 4.61. The van der Waals surface area contributed by atoms with E-state index in [1.54, 1.807) is 36.4 Å². The van der Waals surface area contributed by atoms with Gasteiger partial charge in [0.2, 0.25) is 0 Å².